The Hall–Kier alpha value is -0.410. The lowest BCUT2D eigenvalue weighted by atomic mass is 10.2. The fourth-order valence-electron chi connectivity index (χ4n) is 1.11. The zero-order chi connectivity index (χ0) is 7.68. The first-order valence-corrected chi connectivity index (χ1v) is 5.92. The van der Waals surface area contributed by atoms with Gasteiger partial charge in [0.25, 0.3) is 0 Å². The first-order chi connectivity index (χ1) is 5.42. The second-order valence-corrected chi connectivity index (χ2v) is 3.84. The molecule has 0 atom stereocenters. The molecule has 3 heteroatoms. The topological polar surface area (TPSA) is 15.8 Å². The summed E-state index contributed by atoms with van der Waals surface area (Å²) in [5, 5.41) is 1.27. The molecule has 0 amide bonds. The largest absolute Gasteiger partial charge is 0.360 e. The summed E-state index contributed by atoms with van der Waals surface area (Å²) in [5.74, 6) is 0. The fourth-order valence-corrected chi connectivity index (χ4v) is 2.28. The molecule has 1 nitrogen and oxygen atoms in total. The van der Waals surface area contributed by atoms with Gasteiger partial charge in [0.05, 0.1) is 0 Å². The Labute approximate surface area is 76.4 Å². The molecule has 2 rings (SSSR count). The molecule has 0 radical (unpaired) electrons. The van der Waals surface area contributed by atoms with Gasteiger partial charge in [-0.15, -0.1) is 0 Å². The first kappa shape index (κ1) is 7.25. The predicted molar refractivity (Wildman–Crippen MR) is 53.1 cm³/mol. The van der Waals surface area contributed by atoms with Gasteiger partial charge in [-0.1, -0.05) is 18.2 Å². The third-order valence-electron chi connectivity index (χ3n) is 1.63. The standard InChI is InChI=1S/C8H6BrNS/c9-11-8-5-10-7-4-2-1-3-6(7)8/h1-5,10H. The minimum atomic E-state index is 1.19. The third kappa shape index (κ3) is 1.19. The van der Waals surface area contributed by atoms with Crippen molar-refractivity contribution in [2.24, 2.45) is 0 Å². The number of rotatable bonds is 1. The van der Waals surface area contributed by atoms with E-state index in [0.717, 1.165) is 0 Å². The van der Waals surface area contributed by atoms with Crippen molar-refractivity contribution in [3.05, 3.63) is 30.5 Å². The number of nitrogens with one attached hydrogen (secondary N) is 1. The highest BCUT2D eigenvalue weighted by molar-refractivity contribution is 9.50. The molecule has 0 aliphatic rings. The maximum Gasteiger partial charge on any atom is 0.0465 e. The van der Waals surface area contributed by atoms with Crippen LogP contribution in [0, 0.1) is 0 Å². The monoisotopic (exact) mass is 227 g/mol. The van der Waals surface area contributed by atoms with Crippen LogP contribution in [0.4, 0.5) is 0 Å². The molecule has 56 valence electrons. The second kappa shape index (κ2) is 2.91. The predicted octanol–water partition coefficient (Wildman–Crippen LogP) is 3.57. The highest BCUT2D eigenvalue weighted by Gasteiger charge is 1.99. The number of aromatic nitrogens is 1. The van der Waals surface area contributed by atoms with Crippen molar-refractivity contribution < 1.29 is 0 Å². The van der Waals surface area contributed by atoms with Crippen LogP contribution in [0.1, 0.15) is 0 Å². The van der Waals surface area contributed by atoms with Crippen molar-refractivity contribution in [2.75, 3.05) is 0 Å². The van der Waals surface area contributed by atoms with Crippen LogP contribution in [-0.4, -0.2) is 4.98 Å². The van der Waals surface area contributed by atoms with Crippen molar-refractivity contribution in [1.29, 1.82) is 0 Å². The lowest BCUT2D eigenvalue weighted by molar-refractivity contribution is 1.42. The van der Waals surface area contributed by atoms with E-state index in [1.54, 1.807) is 10.2 Å². The maximum absolute atomic E-state index is 3.35. The van der Waals surface area contributed by atoms with E-state index in [9.17, 15) is 0 Å². The minimum Gasteiger partial charge on any atom is -0.360 e. The van der Waals surface area contributed by atoms with E-state index in [4.69, 9.17) is 0 Å². The van der Waals surface area contributed by atoms with Crippen LogP contribution in [0.3, 0.4) is 0 Å². The van der Waals surface area contributed by atoms with Gasteiger partial charge in [-0.05, 0) is 31.1 Å². The average molecular weight is 228 g/mol. The Morgan fingerprint density at radius 2 is 2.09 bits per heavy atom. The van der Waals surface area contributed by atoms with Gasteiger partial charge in [0.2, 0.25) is 0 Å². The summed E-state index contributed by atoms with van der Waals surface area (Å²) in [5.41, 5.74) is 1.19. The molecule has 0 saturated heterocycles. The molecule has 2 aromatic rings. The van der Waals surface area contributed by atoms with Crippen LogP contribution in [0.25, 0.3) is 10.9 Å². The lowest BCUT2D eigenvalue weighted by Gasteiger charge is -1.89. The van der Waals surface area contributed by atoms with Crippen LogP contribution < -0.4 is 0 Å². The number of halogens is 1. The molecule has 0 spiro atoms. The van der Waals surface area contributed by atoms with E-state index in [1.165, 1.54) is 15.8 Å². The smallest absolute Gasteiger partial charge is 0.0465 e. The van der Waals surface area contributed by atoms with E-state index < -0.39 is 0 Å². The molecule has 0 bridgehead atoms. The molecule has 0 saturated carbocycles. The zero-order valence-corrected chi connectivity index (χ0v) is 8.08. The van der Waals surface area contributed by atoms with Crippen molar-refractivity contribution in [3.63, 3.8) is 0 Å². The highest BCUT2D eigenvalue weighted by atomic mass is 79.9. The van der Waals surface area contributed by atoms with Gasteiger partial charge in [0.15, 0.2) is 0 Å². The van der Waals surface area contributed by atoms with E-state index in [-0.39, 0.29) is 0 Å². The van der Waals surface area contributed by atoms with Gasteiger partial charge in [0.1, 0.15) is 0 Å². The summed E-state index contributed by atoms with van der Waals surface area (Å²) >= 11 is 3.35. The highest BCUT2D eigenvalue weighted by Crippen LogP contribution is 2.31. The summed E-state index contributed by atoms with van der Waals surface area (Å²) in [6.07, 6.45) is 2.00. The Bertz CT molecular complexity index is 369. The van der Waals surface area contributed by atoms with Crippen LogP contribution in [-0.2, 0) is 0 Å². The number of fused-ring (bicyclic) bond motifs is 1. The Morgan fingerprint density at radius 3 is 2.91 bits per heavy atom. The van der Waals surface area contributed by atoms with Crippen LogP contribution in [0.15, 0.2) is 35.4 Å². The zero-order valence-electron chi connectivity index (χ0n) is 5.67. The van der Waals surface area contributed by atoms with Crippen molar-refractivity contribution in [1.82, 2.24) is 4.98 Å². The van der Waals surface area contributed by atoms with Gasteiger partial charge < -0.3 is 4.98 Å². The molecule has 0 unspecified atom stereocenters. The quantitative estimate of drug-likeness (QED) is 0.788. The third-order valence-corrected chi connectivity index (χ3v) is 3.18. The van der Waals surface area contributed by atoms with Gasteiger partial charge in [-0.2, -0.15) is 0 Å². The van der Waals surface area contributed by atoms with Gasteiger partial charge in [-0.25, -0.2) is 0 Å². The number of aromatic amines is 1. The van der Waals surface area contributed by atoms with Crippen molar-refractivity contribution in [2.45, 2.75) is 4.90 Å². The summed E-state index contributed by atoms with van der Waals surface area (Å²) in [6.45, 7) is 0. The van der Waals surface area contributed by atoms with E-state index >= 15 is 0 Å². The summed E-state index contributed by atoms with van der Waals surface area (Å²) in [7, 11) is 1.59. The number of benzene rings is 1. The first-order valence-electron chi connectivity index (χ1n) is 3.26. The van der Waals surface area contributed by atoms with Crippen LogP contribution >= 0.6 is 25.0 Å². The Kier molecular flexibility index (Phi) is 1.92. The van der Waals surface area contributed by atoms with E-state index in [0.29, 0.717) is 0 Å². The molecule has 1 N–H and O–H groups in total. The molecule has 0 aliphatic heterocycles. The molecular formula is C8H6BrNS. The summed E-state index contributed by atoms with van der Waals surface area (Å²) in [4.78, 5) is 4.42. The minimum absolute atomic E-state index is 1.19. The van der Waals surface area contributed by atoms with E-state index in [2.05, 4.69) is 31.9 Å². The SMILES string of the molecule is BrSc1c[nH]c2ccccc12. The van der Waals surface area contributed by atoms with Gasteiger partial charge >= 0.3 is 0 Å². The van der Waals surface area contributed by atoms with E-state index in [1.807, 2.05) is 18.3 Å². The molecule has 0 aliphatic carbocycles. The van der Waals surface area contributed by atoms with Crippen LogP contribution in [0.5, 0.6) is 0 Å². The van der Waals surface area contributed by atoms with Gasteiger partial charge in [-0.3, -0.25) is 0 Å². The average Bonchev–Trinajstić information content (AvgIpc) is 2.47. The van der Waals surface area contributed by atoms with Crippen molar-refractivity contribution in [3.8, 4) is 0 Å². The Morgan fingerprint density at radius 1 is 1.27 bits per heavy atom. The molecule has 1 heterocycles. The molecule has 1 aromatic carbocycles. The lowest BCUT2D eigenvalue weighted by Crippen LogP contribution is -1.63. The molecule has 0 fully saturated rings. The Balaban J connectivity index is 2.76. The number of H-pyrrole nitrogens is 1. The number of hydrogen-bond donors (Lipinski definition) is 1. The number of hydrogen-bond acceptors (Lipinski definition) is 1. The fraction of sp³-hybridized carbons (Fsp3) is 0. The summed E-state index contributed by atoms with van der Waals surface area (Å²) in [6, 6.07) is 8.25. The number of para-hydroxylation sites is 1. The molecular weight excluding hydrogens is 222 g/mol. The molecule has 1 aromatic heterocycles. The van der Waals surface area contributed by atoms with Gasteiger partial charge in [0, 0.05) is 22.0 Å². The molecule has 11 heavy (non-hydrogen) atoms. The normalized spacial score (nSPS) is 10.6. The van der Waals surface area contributed by atoms with Crippen LogP contribution in [0.2, 0.25) is 0 Å². The summed E-state index contributed by atoms with van der Waals surface area (Å²) < 4.78 is 0. The van der Waals surface area contributed by atoms with Crippen molar-refractivity contribution >= 4 is 35.9 Å². The maximum atomic E-state index is 3.35. The second-order valence-electron chi connectivity index (χ2n) is 2.28.